The first-order valence-electron chi connectivity index (χ1n) is 10.1. The van der Waals surface area contributed by atoms with Crippen molar-refractivity contribution in [3.8, 4) is 0 Å². The van der Waals surface area contributed by atoms with Gasteiger partial charge in [0.05, 0.1) is 12.6 Å². The highest BCUT2D eigenvalue weighted by Crippen LogP contribution is 2.46. The summed E-state index contributed by atoms with van der Waals surface area (Å²) < 4.78 is 11.4. The van der Waals surface area contributed by atoms with Crippen LogP contribution >= 0.6 is 23.2 Å². The fourth-order valence-electron chi connectivity index (χ4n) is 4.05. The number of esters is 1. The van der Waals surface area contributed by atoms with Crippen LogP contribution in [0.25, 0.3) is 0 Å². The van der Waals surface area contributed by atoms with Crippen molar-refractivity contribution in [3.05, 3.63) is 69.7 Å². The lowest BCUT2D eigenvalue weighted by atomic mass is 9.90. The number of morpholine rings is 1. The van der Waals surface area contributed by atoms with Crippen LogP contribution in [0.2, 0.25) is 10.0 Å². The van der Waals surface area contributed by atoms with Crippen LogP contribution in [0.5, 0.6) is 0 Å². The first-order valence-corrected chi connectivity index (χ1v) is 10.9. The minimum atomic E-state index is -0.628. The second kappa shape index (κ2) is 8.96. The molecule has 1 saturated heterocycles. The molecule has 1 aliphatic heterocycles. The third kappa shape index (κ3) is 4.34. The van der Waals surface area contributed by atoms with Gasteiger partial charge >= 0.3 is 5.97 Å². The summed E-state index contributed by atoms with van der Waals surface area (Å²) in [6, 6.07) is 13.6. The van der Waals surface area contributed by atoms with E-state index in [0.717, 1.165) is 24.0 Å². The molecule has 7 heteroatoms. The van der Waals surface area contributed by atoms with E-state index in [1.807, 2.05) is 24.3 Å². The normalized spacial score (nSPS) is 22.6. The number of carbonyl (C=O) groups excluding carboxylic acids is 2. The summed E-state index contributed by atoms with van der Waals surface area (Å²) in [7, 11) is 0. The standard InChI is InChI=1S/C23H23Cl2NO4/c1-2-29-23(28)21(15-3-4-15)26-19(27)13-30-22(16-7-11-18(25)12-8-16)20(26)14-5-9-17(24)10-6-14/h5-12,15,20-22H,2-4,13H2,1H3/t20-,21?,22+/m0/s1. The maximum atomic E-state index is 13.1. The Morgan fingerprint density at radius 1 is 1.07 bits per heavy atom. The Morgan fingerprint density at radius 3 is 2.17 bits per heavy atom. The fraction of sp³-hybridized carbons (Fsp3) is 0.391. The van der Waals surface area contributed by atoms with Gasteiger partial charge in [-0.1, -0.05) is 47.5 Å². The first-order chi connectivity index (χ1) is 14.5. The van der Waals surface area contributed by atoms with E-state index < -0.39 is 18.2 Å². The van der Waals surface area contributed by atoms with E-state index in [1.54, 1.807) is 36.1 Å². The molecule has 0 bridgehead atoms. The van der Waals surface area contributed by atoms with Crippen LogP contribution < -0.4 is 0 Å². The van der Waals surface area contributed by atoms with Crippen LogP contribution in [0.1, 0.15) is 43.0 Å². The Labute approximate surface area is 185 Å². The number of benzene rings is 2. The molecule has 2 fully saturated rings. The summed E-state index contributed by atoms with van der Waals surface area (Å²) in [5.41, 5.74) is 1.73. The fourth-order valence-corrected chi connectivity index (χ4v) is 4.31. The van der Waals surface area contributed by atoms with E-state index in [4.69, 9.17) is 32.7 Å². The van der Waals surface area contributed by atoms with E-state index in [2.05, 4.69) is 0 Å². The zero-order valence-electron chi connectivity index (χ0n) is 16.6. The number of amides is 1. The number of ether oxygens (including phenoxy) is 2. The quantitative estimate of drug-likeness (QED) is 0.586. The molecule has 3 atom stereocenters. The van der Waals surface area contributed by atoms with E-state index in [0.29, 0.717) is 10.0 Å². The Balaban J connectivity index is 1.80. The number of nitrogens with zero attached hydrogens (tertiary/aromatic N) is 1. The Hall–Kier alpha value is -2.08. The monoisotopic (exact) mass is 447 g/mol. The van der Waals surface area contributed by atoms with Gasteiger partial charge < -0.3 is 14.4 Å². The van der Waals surface area contributed by atoms with Crippen LogP contribution in [-0.2, 0) is 19.1 Å². The Bertz CT molecular complexity index is 912. The van der Waals surface area contributed by atoms with Gasteiger partial charge in [0, 0.05) is 10.0 Å². The Morgan fingerprint density at radius 2 is 1.63 bits per heavy atom. The predicted octanol–water partition coefficient (Wildman–Crippen LogP) is 4.98. The van der Waals surface area contributed by atoms with Crippen molar-refractivity contribution in [2.45, 2.75) is 38.0 Å². The van der Waals surface area contributed by atoms with Crippen LogP contribution in [0, 0.1) is 5.92 Å². The van der Waals surface area contributed by atoms with Crippen molar-refractivity contribution in [2.75, 3.05) is 13.2 Å². The molecule has 1 amide bonds. The lowest BCUT2D eigenvalue weighted by Gasteiger charge is -2.44. The van der Waals surface area contributed by atoms with E-state index >= 15 is 0 Å². The molecular formula is C23H23Cl2NO4. The molecule has 1 aliphatic carbocycles. The summed E-state index contributed by atoms with van der Waals surface area (Å²) in [4.78, 5) is 27.7. The number of halogens is 2. The van der Waals surface area contributed by atoms with Gasteiger partial charge in [-0.3, -0.25) is 4.79 Å². The van der Waals surface area contributed by atoms with Crippen LogP contribution in [0.4, 0.5) is 0 Å². The number of hydrogen-bond donors (Lipinski definition) is 0. The third-order valence-electron chi connectivity index (χ3n) is 5.57. The van der Waals surface area contributed by atoms with Crippen LogP contribution in [0.15, 0.2) is 48.5 Å². The summed E-state index contributed by atoms with van der Waals surface area (Å²) >= 11 is 12.2. The molecule has 158 valence electrons. The van der Waals surface area contributed by atoms with Gasteiger partial charge in [-0.2, -0.15) is 0 Å². The average molecular weight is 448 g/mol. The van der Waals surface area contributed by atoms with Gasteiger partial charge in [0.25, 0.3) is 0 Å². The minimum Gasteiger partial charge on any atom is -0.464 e. The minimum absolute atomic E-state index is 0.0972. The summed E-state index contributed by atoms with van der Waals surface area (Å²) in [5.74, 6) is -0.471. The SMILES string of the molecule is CCOC(=O)C(C1CC1)N1C(=O)CO[C@H](c2ccc(Cl)cc2)[C@@H]1c1ccc(Cl)cc1. The van der Waals surface area contributed by atoms with Gasteiger partial charge in [-0.05, 0) is 61.1 Å². The average Bonchev–Trinajstić information content (AvgIpc) is 3.56. The molecule has 2 aromatic rings. The largest absolute Gasteiger partial charge is 0.464 e. The molecule has 0 spiro atoms. The highest BCUT2D eigenvalue weighted by Gasteiger charge is 2.50. The van der Waals surface area contributed by atoms with Gasteiger partial charge in [0.15, 0.2) is 0 Å². The molecule has 2 aromatic carbocycles. The molecule has 0 aromatic heterocycles. The zero-order chi connectivity index (χ0) is 21.3. The highest BCUT2D eigenvalue weighted by molar-refractivity contribution is 6.30. The maximum Gasteiger partial charge on any atom is 0.329 e. The maximum absolute atomic E-state index is 13.1. The molecule has 1 heterocycles. The van der Waals surface area contributed by atoms with Crippen molar-refractivity contribution in [1.29, 1.82) is 0 Å². The molecular weight excluding hydrogens is 425 g/mol. The van der Waals surface area contributed by atoms with E-state index in [9.17, 15) is 9.59 Å². The highest BCUT2D eigenvalue weighted by atomic mass is 35.5. The van der Waals surface area contributed by atoms with Crippen LogP contribution in [0.3, 0.4) is 0 Å². The summed E-state index contributed by atoms with van der Waals surface area (Å²) in [5, 5.41) is 1.22. The molecule has 0 N–H and O–H groups in total. The van der Waals surface area contributed by atoms with Crippen LogP contribution in [-0.4, -0.2) is 36.0 Å². The second-order valence-electron chi connectivity index (χ2n) is 7.61. The molecule has 0 radical (unpaired) electrons. The first kappa shape index (κ1) is 21.2. The predicted molar refractivity (Wildman–Crippen MR) is 114 cm³/mol. The summed E-state index contributed by atoms with van der Waals surface area (Å²) in [6.45, 7) is 1.95. The molecule has 5 nitrogen and oxygen atoms in total. The van der Waals surface area contributed by atoms with E-state index in [-0.39, 0.29) is 31.0 Å². The van der Waals surface area contributed by atoms with Crippen molar-refractivity contribution >= 4 is 35.1 Å². The van der Waals surface area contributed by atoms with Crippen molar-refractivity contribution in [2.24, 2.45) is 5.92 Å². The second-order valence-corrected chi connectivity index (χ2v) is 8.49. The van der Waals surface area contributed by atoms with Crippen molar-refractivity contribution in [1.82, 2.24) is 4.90 Å². The number of rotatable bonds is 6. The lowest BCUT2D eigenvalue weighted by molar-refractivity contribution is -0.174. The molecule has 1 unspecified atom stereocenters. The van der Waals surface area contributed by atoms with Gasteiger partial charge in [-0.15, -0.1) is 0 Å². The van der Waals surface area contributed by atoms with Crippen molar-refractivity contribution < 1.29 is 19.1 Å². The molecule has 30 heavy (non-hydrogen) atoms. The lowest BCUT2D eigenvalue weighted by Crippen LogP contribution is -2.54. The number of hydrogen-bond acceptors (Lipinski definition) is 4. The smallest absolute Gasteiger partial charge is 0.329 e. The Kier molecular flexibility index (Phi) is 6.32. The third-order valence-corrected chi connectivity index (χ3v) is 6.07. The van der Waals surface area contributed by atoms with E-state index in [1.165, 1.54) is 0 Å². The molecule has 2 aliphatic rings. The number of carbonyl (C=O) groups is 2. The van der Waals surface area contributed by atoms with Gasteiger partial charge in [0.1, 0.15) is 18.8 Å². The molecule has 4 rings (SSSR count). The topological polar surface area (TPSA) is 55.8 Å². The van der Waals surface area contributed by atoms with Gasteiger partial charge in [0.2, 0.25) is 5.91 Å². The summed E-state index contributed by atoms with van der Waals surface area (Å²) in [6.07, 6.45) is 1.34. The van der Waals surface area contributed by atoms with Gasteiger partial charge in [-0.25, -0.2) is 4.79 Å². The van der Waals surface area contributed by atoms with Crippen molar-refractivity contribution in [3.63, 3.8) is 0 Å². The zero-order valence-corrected chi connectivity index (χ0v) is 18.1. The molecule has 1 saturated carbocycles.